The first kappa shape index (κ1) is 14.0. The van der Waals surface area contributed by atoms with Gasteiger partial charge in [0, 0.05) is 5.69 Å². The summed E-state index contributed by atoms with van der Waals surface area (Å²) in [6, 6.07) is 7.79. The Morgan fingerprint density at radius 2 is 1.90 bits per heavy atom. The Labute approximate surface area is 118 Å². The first-order chi connectivity index (χ1) is 9.47. The molecule has 0 saturated heterocycles. The molecule has 5 nitrogen and oxygen atoms in total. The van der Waals surface area contributed by atoms with Crippen LogP contribution in [-0.4, -0.2) is 22.0 Å². The lowest BCUT2D eigenvalue weighted by Crippen LogP contribution is -2.15. The molecule has 0 fully saturated rings. The lowest BCUT2D eigenvalue weighted by atomic mass is 10.2. The van der Waals surface area contributed by atoms with E-state index in [1.807, 2.05) is 0 Å². The van der Waals surface area contributed by atoms with Crippen LogP contribution in [0.1, 0.15) is 21.0 Å². The van der Waals surface area contributed by atoms with Gasteiger partial charge >= 0.3 is 5.97 Å². The standard InChI is InChI=1S/C13H8ClFN2O3/c14-8-5-4-7(6-9(8)15)16-12(18)10-2-1-3-11(17-10)13(19)20/h1-6H,(H,16,18)(H,19,20). The summed E-state index contributed by atoms with van der Waals surface area (Å²) in [7, 11) is 0. The van der Waals surface area contributed by atoms with Crippen molar-refractivity contribution in [2.45, 2.75) is 0 Å². The summed E-state index contributed by atoms with van der Waals surface area (Å²) in [5.41, 5.74) is -0.139. The summed E-state index contributed by atoms with van der Waals surface area (Å²) in [6.07, 6.45) is 0. The van der Waals surface area contributed by atoms with E-state index in [0.29, 0.717) is 0 Å². The second kappa shape index (κ2) is 5.66. The molecule has 102 valence electrons. The summed E-state index contributed by atoms with van der Waals surface area (Å²) in [4.78, 5) is 26.3. The molecule has 0 unspecified atom stereocenters. The number of carbonyl (C=O) groups is 2. The van der Waals surface area contributed by atoms with Gasteiger partial charge in [-0.15, -0.1) is 0 Å². The van der Waals surface area contributed by atoms with E-state index in [2.05, 4.69) is 10.3 Å². The molecule has 1 amide bonds. The van der Waals surface area contributed by atoms with Crippen molar-refractivity contribution in [3.05, 3.63) is 58.6 Å². The van der Waals surface area contributed by atoms with Crippen molar-refractivity contribution in [1.29, 1.82) is 0 Å². The van der Waals surface area contributed by atoms with Crippen LogP contribution in [0.15, 0.2) is 36.4 Å². The molecule has 0 aliphatic heterocycles. The van der Waals surface area contributed by atoms with Gasteiger partial charge in [0.15, 0.2) is 0 Å². The summed E-state index contributed by atoms with van der Waals surface area (Å²) < 4.78 is 13.2. The van der Waals surface area contributed by atoms with Gasteiger partial charge in [-0.25, -0.2) is 14.2 Å². The SMILES string of the molecule is O=C(O)c1cccc(C(=O)Nc2ccc(Cl)c(F)c2)n1. The number of benzene rings is 1. The fraction of sp³-hybridized carbons (Fsp3) is 0. The Morgan fingerprint density at radius 3 is 2.55 bits per heavy atom. The Hall–Kier alpha value is -2.47. The number of aromatic nitrogens is 1. The molecule has 2 aromatic rings. The monoisotopic (exact) mass is 294 g/mol. The van der Waals surface area contributed by atoms with Gasteiger partial charge in [-0.3, -0.25) is 4.79 Å². The molecule has 20 heavy (non-hydrogen) atoms. The van der Waals surface area contributed by atoms with Crippen LogP contribution in [0.2, 0.25) is 5.02 Å². The van der Waals surface area contributed by atoms with Gasteiger partial charge in [-0.1, -0.05) is 17.7 Å². The quantitative estimate of drug-likeness (QED) is 0.912. The maximum absolute atomic E-state index is 13.2. The average molecular weight is 295 g/mol. The van der Waals surface area contributed by atoms with Crippen molar-refractivity contribution in [1.82, 2.24) is 4.98 Å². The van der Waals surface area contributed by atoms with E-state index in [0.717, 1.165) is 6.07 Å². The molecule has 2 rings (SSSR count). The minimum Gasteiger partial charge on any atom is -0.477 e. The molecule has 0 aliphatic rings. The Morgan fingerprint density at radius 1 is 1.20 bits per heavy atom. The fourth-order valence-electron chi connectivity index (χ4n) is 1.45. The second-order valence-electron chi connectivity index (χ2n) is 3.80. The van der Waals surface area contributed by atoms with Gasteiger partial charge in [0.05, 0.1) is 5.02 Å². The highest BCUT2D eigenvalue weighted by molar-refractivity contribution is 6.30. The summed E-state index contributed by atoms with van der Waals surface area (Å²) in [5.74, 6) is -2.55. The van der Waals surface area contributed by atoms with E-state index in [4.69, 9.17) is 16.7 Å². The van der Waals surface area contributed by atoms with Crippen LogP contribution in [0.5, 0.6) is 0 Å². The number of pyridine rings is 1. The van der Waals surface area contributed by atoms with Crippen LogP contribution in [0.25, 0.3) is 0 Å². The number of halogens is 2. The maximum atomic E-state index is 13.2. The molecule has 0 spiro atoms. The molecule has 1 aromatic carbocycles. The van der Waals surface area contributed by atoms with Crippen LogP contribution in [0.4, 0.5) is 10.1 Å². The van der Waals surface area contributed by atoms with Crippen molar-refractivity contribution >= 4 is 29.2 Å². The Bertz CT molecular complexity index is 691. The topological polar surface area (TPSA) is 79.3 Å². The third-order valence-corrected chi connectivity index (χ3v) is 2.68. The van der Waals surface area contributed by atoms with E-state index in [1.165, 1.54) is 30.3 Å². The molecule has 1 heterocycles. The molecule has 7 heteroatoms. The maximum Gasteiger partial charge on any atom is 0.354 e. The van der Waals surface area contributed by atoms with Crippen LogP contribution in [0.3, 0.4) is 0 Å². The van der Waals surface area contributed by atoms with E-state index in [1.54, 1.807) is 0 Å². The number of amides is 1. The molecule has 0 atom stereocenters. The van der Waals surface area contributed by atoms with Crippen LogP contribution in [-0.2, 0) is 0 Å². The lowest BCUT2D eigenvalue weighted by molar-refractivity contribution is 0.0690. The smallest absolute Gasteiger partial charge is 0.354 e. The van der Waals surface area contributed by atoms with E-state index in [-0.39, 0.29) is 22.1 Å². The van der Waals surface area contributed by atoms with Gasteiger partial charge in [-0.2, -0.15) is 0 Å². The Balaban J connectivity index is 2.21. The first-order valence-corrected chi connectivity index (χ1v) is 5.82. The van der Waals surface area contributed by atoms with E-state index < -0.39 is 17.7 Å². The minimum atomic E-state index is -1.24. The van der Waals surface area contributed by atoms with E-state index >= 15 is 0 Å². The highest BCUT2D eigenvalue weighted by Gasteiger charge is 2.12. The van der Waals surface area contributed by atoms with Gasteiger partial charge in [0.1, 0.15) is 17.2 Å². The minimum absolute atomic E-state index is 0.0611. The van der Waals surface area contributed by atoms with E-state index in [9.17, 15) is 14.0 Å². The largest absolute Gasteiger partial charge is 0.477 e. The van der Waals surface area contributed by atoms with Crippen LogP contribution < -0.4 is 5.32 Å². The second-order valence-corrected chi connectivity index (χ2v) is 4.20. The third kappa shape index (κ3) is 3.10. The zero-order chi connectivity index (χ0) is 14.7. The summed E-state index contributed by atoms with van der Waals surface area (Å²) >= 11 is 5.52. The fourth-order valence-corrected chi connectivity index (χ4v) is 1.57. The molecule has 1 aromatic heterocycles. The zero-order valence-corrected chi connectivity index (χ0v) is 10.7. The van der Waals surface area contributed by atoms with Crippen LogP contribution >= 0.6 is 11.6 Å². The van der Waals surface area contributed by atoms with Crippen LogP contribution in [0, 0.1) is 5.82 Å². The molecule has 0 saturated carbocycles. The van der Waals surface area contributed by atoms with Crippen molar-refractivity contribution in [3.8, 4) is 0 Å². The van der Waals surface area contributed by atoms with Crippen molar-refractivity contribution in [2.75, 3.05) is 5.32 Å². The van der Waals surface area contributed by atoms with Gasteiger partial charge in [0.2, 0.25) is 0 Å². The predicted octanol–water partition coefficient (Wildman–Crippen LogP) is 2.82. The molecular formula is C13H8ClFN2O3. The number of hydrogen-bond acceptors (Lipinski definition) is 3. The number of anilines is 1. The molecule has 0 bridgehead atoms. The number of carboxylic acid groups (broad SMARTS) is 1. The van der Waals surface area contributed by atoms with Crippen molar-refractivity contribution in [2.24, 2.45) is 0 Å². The number of aromatic carboxylic acids is 1. The predicted molar refractivity (Wildman–Crippen MR) is 70.6 cm³/mol. The lowest BCUT2D eigenvalue weighted by Gasteiger charge is -2.05. The summed E-state index contributed by atoms with van der Waals surface area (Å²) in [6.45, 7) is 0. The van der Waals surface area contributed by atoms with Crippen molar-refractivity contribution in [3.63, 3.8) is 0 Å². The number of carbonyl (C=O) groups excluding carboxylic acids is 1. The zero-order valence-electron chi connectivity index (χ0n) is 9.93. The highest BCUT2D eigenvalue weighted by atomic mass is 35.5. The number of carboxylic acids is 1. The van der Waals surface area contributed by atoms with Gasteiger partial charge < -0.3 is 10.4 Å². The normalized spacial score (nSPS) is 10.1. The third-order valence-electron chi connectivity index (χ3n) is 2.38. The van der Waals surface area contributed by atoms with Gasteiger partial charge in [-0.05, 0) is 30.3 Å². The number of nitrogens with one attached hydrogen (secondary N) is 1. The molecule has 2 N–H and O–H groups in total. The average Bonchev–Trinajstić information content (AvgIpc) is 2.43. The first-order valence-electron chi connectivity index (χ1n) is 5.44. The molecule has 0 aliphatic carbocycles. The van der Waals surface area contributed by atoms with Crippen molar-refractivity contribution < 1.29 is 19.1 Å². The van der Waals surface area contributed by atoms with Gasteiger partial charge in [0.25, 0.3) is 5.91 Å². The summed E-state index contributed by atoms with van der Waals surface area (Å²) in [5, 5.41) is 11.1. The molecule has 0 radical (unpaired) electrons. The number of rotatable bonds is 3. The highest BCUT2D eigenvalue weighted by Crippen LogP contribution is 2.19. The number of hydrogen-bond donors (Lipinski definition) is 2. The number of nitrogens with zero attached hydrogens (tertiary/aromatic N) is 1. The Kier molecular flexibility index (Phi) is 3.95. The molecular weight excluding hydrogens is 287 g/mol.